The molecule has 0 spiro atoms. The molecule has 3 rings (SSSR count). The van der Waals surface area contributed by atoms with Crippen LogP contribution in [0.25, 0.3) is 0 Å². The Bertz CT molecular complexity index is 1250. The maximum absolute atomic E-state index is 13.4. The van der Waals surface area contributed by atoms with Crippen LogP contribution in [0.5, 0.6) is 5.75 Å². The molecule has 0 atom stereocenters. The number of halogens is 3. The average molecular weight is 514 g/mol. The van der Waals surface area contributed by atoms with Gasteiger partial charge in [-0.1, -0.05) is 58.6 Å². The topological polar surface area (TPSA) is 75.7 Å². The second kappa shape index (κ2) is 10.0. The Morgan fingerprint density at radius 1 is 1.00 bits per heavy atom. The Kier molecular flexibility index (Phi) is 7.56. The van der Waals surface area contributed by atoms with E-state index in [4.69, 9.17) is 39.5 Å². The summed E-state index contributed by atoms with van der Waals surface area (Å²) in [4.78, 5) is 12.9. The summed E-state index contributed by atoms with van der Waals surface area (Å²) in [6.07, 6.45) is 0. The number of sulfonamides is 1. The molecule has 1 amide bonds. The number of ether oxygens (including phenoxy) is 1. The number of carbonyl (C=O) groups is 1. The number of amides is 1. The van der Waals surface area contributed by atoms with Gasteiger partial charge in [0.2, 0.25) is 5.91 Å². The maximum Gasteiger partial charge on any atom is 0.264 e. The summed E-state index contributed by atoms with van der Waals surface area (Å²) in [6.45, 7) is 1.32. The molecule has 32 heavy (non-hydrogen) atoms. The van der Waals surface area contributed by atoms with Crippen LogP contribution in [0.1, 0.15) is 5.56 Å². The molecule has 0 unspecified atom stereocenters. The molecule has 0 aromatic heterocycles. The predicted octanol–water partition coefficient (Wildman–Crippen LogP) is 5.80. The number of nitrogens with zero attached hydrogens (tertiary/aromatic N) is 1. The summed E-state index contributed by atoms with van der Waals surface area (Å²) in [5, 5.41) is 3.22. The molecule has 0 fully saturated rings. The van der Waals surface area contributed by atoms with Gasteiger partial charge >= 0.3 is 0 Å². The highest BCUT2D eigenvalue weighted by Gasteiger charge is 2.28. The van der Waals surface area contributed by atoms with Crippen molar-refractivity contribution in [3.05, 3.63) is 81.3 Å². The van der Waals surface area contributed by atoms with E-state index in [2.05, 4.69) is 5.32 Å². The SMILES string of the molecule is COc1ccc(N(CC(=O)Nc2cccc(Cl)c2Cl)S(=O)(=O)c2ccc(C)cc2)cc1Cl. The highest BCUT2D eigenvalue weighted by molar-refractivity contribution is 7.92. The number of nitrogens with one attached hydrogen (secondary N) is 1. The molecule has 0 saturated carbocycles. The zero-order valence-electron chi connectivity index (χ0n) is 17.1. The summed E-state index contributed by atoms with van der Waals surface area (Å²) in [5.41, 5.74) is 1.37. The molecule has 0 saturated heterocycles. The lowest BCUT2D eigenvalue weighted by Crippen LogP contribution is -2.38. The van der Waals surface area contributed by atoms with E-state index in [1.165, 1.54) is 37.4 Å². The minimum Gasteiger partial charge on any atom is -0.495 e. The average Bonchev–Trinajstić information content (AvgIpc) is 2.75. The van der Waals surface area contributed by atoms with E-state index in [0.717, 1.165) is 9.87 Å². The Morgan fingerprint density at radius 3 is 2.31 bits per heavy atom. The van der Waals surface area contributed by atoms with Gasteiger partial charge in [0.25, 0.3) is 10.0 Å². The van der Waals surface area contributed by atoms with Crippen LogP contribution in [-0.4, -0.2) is 28.0 Å². The summed E-state index contributed by atoms with van der Waals surface area (Å²) in [7, 11) is -2.65. The third kappa shape index (κ3) is 5.30. The van der Waals surface area contributed by atoms with E-state index in [1.807, 2.05) is 6.92 Å². The van der Waals surface area contributed by atoms with Crippen LogP contribution in [-0.2, 0) is 14.8 Å². The number of hydrogen-bond acceptors (Lipinski definition) is 4. The van der Waals surface area contributed by atoms with Gasteiger partial charge in [0.15, 0.2) is 0 Å². The summed E-state index contributed by atoms with van der Waals surface area (Å²) in [5.74, 6) is -0.241. The van der Waals surface area contributed by atoms with Gasteiger partial charge in [-0.15, -0.1) is 0 Å². The normalized spacial score (nSPS) is 11.2. The predicted molar refractivity (Wildman–Crippen MR) is 129 cm³/mol. The maximum atomic E-state index is 13.4. The van der Waals surface area contributed by atoms with Crippen molar-refractivity contribution in [3.63, 3.8) is 0 Å². The van der Waals surface area contributed by atoms with Crippen molar-refractivity contribution in [2.24, 2.45) is 0 Å². The molecule has 0 aliphatic heterocycles. The third-order valence-electron chi connectivity index (χ3n) is 4.55. The first-order valence-electron chi connectivity index (χ1n) is 9.30. The molecule has 6 nitrogen and oxygen atoms in total. The van der Waals surface area contributed by atoms with Gasteiger partial charge in [-0.05, 0) is 49.4 Å². The molecule has 0 radical (unpaired) electrons. The highest BCUT2D eigenvalue weighted by atomic mass is 35.5. The number of carbonyl (C=O) groups excluding carboxylic acids is 1. The van der Waals surface area contributed by atoms with E-state index in [0.29, 0.717) is 5.75 Å². The van der Waals surface area contributed by atoms with Gasteiger partial charge in [-0.3, -0.25) is 9.10 Å². The molecule has 1 N–H and O–H groups in total. The molecule has 0 bridgehead atoms. The van der Waals surface area contributed by atoms with E-state index in [1.54, 1.807) is 30.3 Å². The van der Waals surface area contributed by atoms with Crippen LogP contribution in [0.4, 0.5) is 11.4 Å². The summed E-state index contributed by atoms with van der Waals surface area (Å²) < 4.78 is 33.0. The highest BCUT2D eigenvalue weighted by Crippen LogP contribution is 2.33. The van der Waals surface area contributed by atoms with Crippen molar-refractivity contribution >= 4 is 62.1 Å². The number of anilines is 2. The van der Waals surface area contributed by atoms with Crippen LogP contribution in [0.3, 0.4) is 0 Å². The first-order valence-corrected chi connectivity index (χ1v) is 11.9. The van der Waals surface area contributed by atoms with Crippen molar-refractivity contribution in [1.82, 2.24) is 0 Å². The fraction of sp³-hybridized carbons (Fsp3) is 0.136. The lowest BCUT2D eigenvalue weighted by Gasteiger charge is -2.25. The number of hydrogen-bond donors (Lipinski definition) is 1. The van der Waals surface area contributed by atoms with Crippen LogP contribution in [0.15, 0.2) is 65.6 Å². The largest absolute Gasteiger partial charge is 0.495 e. The van der Waals surface area contributed by atoms with Crippen LogP contribution in [0, 0.1) is 6.92 Å². The standard InChI is InChI=1S/C22H19Cl3N2O4S/c1-14-6-9-16(10-7-14)32(29,30)27(15-8-11-20(31-2)18(24)12-15)13-21(28)26-19-5-3-4-17(23)22(19)25/h3-12H,13H2,1-2H3,(H,26,28). The Labute approximate surface area is 201 Å². The summed E-state index contributed by atoms with van der Waals surface area (Å²) in [6, 6.07) is 15.5. The molecule has 0 heterocycles. The number of benzene rings is 3. The van der Waals surface area contributed by atoms with Crippen LogP contribution in [0.2, 0.25) is 15.1 Å². The second-order valence-electron chi connectivity index (χ2n) is 6.79. The van der Waals surface area contributed by atoms with Gasteiger partial charge in [0.1, 0.15) is 12.3 Å². The smallest absolute Gasteiger partial charge is 0.264 e. The van der Waals surface area contributed by atoms with E-state index in [9.17, 15) is 13.2 Å². The van der Waals surface area contributed by atoms with Crippen molar-refractivity contribution in [2.45, 2.75) is 11.8 Å². The zero-order chi connectivity index (χ0) is 23.5. The lowest BCUT2D eigenvalue weighted by atomic mass is 10.2. The molecule has 168 valence electrons. The van der Waals surface area contributed by atoms with Gasteiger partial charge in [0.05, 0.1) is 38.4 Å². The third-order valence-corrected chi connectivity index (χ3v) is 7.45. The fourth-order valence-electron chi connectivity index (χ4n) is 2.88. The molecule has 3 aromatic rings. The van der Waals surface area contributed by atoms with E-state index >= 15 is 0 Å². The minimum absolute atomic E-state index is 0.0311. The van der Waals surface area contributed by atoms with Crippen LogP contribution >= 0.6 is 34.8 Å². The first kappa shape index (κ1) is 24.2. The number of methoxy groups -OCH3 is 1. The van der Waals surface area contributed by atoms with E-state index < -0.39 is 22.5 Å². The zero-order valence-corrected chi connectivity index (χ0v) is 20.2. The molecule has 0 aliphatic carbocycles. The fourth-order valence-corrected chi connectivity index (χ4v) is 4.90. The van der Waals surface area contributed by atoms with Crippen molar-refractivity contribution in [2.75, 3.05) is 23.3 Å². The van der Waals surface area contributed by atoms with Crippen molar-refractivity contribution in [1.29, 1.82) is 0 Å². The monoisotopic (exact) mass is 512 g/mol. The molecule has 0 aliphatic rings. The van der Waals surface area contributed by atoms with Gasteiger partial charge < -0.3 is 10.1 Å². The molecular weight excluding hydrogens is 495 g/mol. The molecule has 10 heteroatoms. The van der Waals surface area contributed by atoms with Crippen molar-refractivity contribution in [3.8, 4) is 5.75 Å². The van der Waals surface area contributed by atoms with Gasteiger partial charge in [-0.2, -0.15) is 0 Å². The minimum atomic E-state index is -4.10. The first-order chi connectivity index (χ1) is 15.1. The Hall–Kier alpha value is -2.45. The second-order valence-corrected chi connectivity index (χ2v) is 9.85. The van der Waals surface area contributed by atoms with Crippen molar-refractivity contribution < 1.29 is 17.9 Å². The molecule has 3 aromatic carbocycles. The van der Waals surface area contributed by atoms with Gasteiger partial charge in [-0.25, -0.2) is 8.42 Å². The number of rotatable bonds is 7. The Morgan fingerprint density at radius 2 is 1.69 bits per heavy atom. The lowest BCUT2D eigenvalue weighted by molar-refractivity contribution is -0.114. The Balaban J connectivity index is 2.00. The van der Waals surface area contributed by atoms with E-state index in [-0.39, 0.29) is 31.3 Å². The number of aryl methyl sites for hydroxylation is 1. The van der Waals surface area contributed by atoms with Crippen LogP contribution < -0.4 is 14.4 Å². The molecular formula is C22H19Cl3N2O4S. The summed E-state index contributed by atoms with van der Waals surface area (Å²) >= 11 is 18.3. The van der Waals surface area contributed by atoms with Gasteiger partial charge in [0, 0.05) is 0 Å². The quantitative estimate of drug-likeness (QED) is 0.433.